The number of hydrogen-bond donors (Lipinski definition) is 0. The largest absolute Gasteiger partial charge is 0.493 e. The van der Waals surface area contributed by atoms with Gasteiger partial charge in [0.2, 0.25) is 6.29 Å². The van der Waals surface area contributed by atoms with Crippen LogP contribution < -0.4 is 0 Å². The predicted octanol–water partition coefficient (Wildman–Crippen LogP) is 1.87. The summed E-state index contributed by atoms with van der Waals surface area (Å²) >= 11 is 0. The minimum Gasteiger partial charge on any atom is -0.493 e. The van der Waals surface area contributed by atoms with E-state index in [1.807, 2.05) is 20.8 Å². The molecule has 0 aliphatic carbocycles. The molecule has 0 spiro atoms. The zero-order chi connectivity index (χ0) is 13.1. The molecule has 0 aromatic carbocycles. The van der Waals surface area contributed by atoms with Gasteiger partial charge in [0.1, 0.15) is 0 Å². The van der Waals surface area contributed by atoms with Crippen molar-refractivity contribution in [2.24, 2.45) is 0 Å². The lowest BCUT2D eigenvalue weighted by molar-refractivity contribution is -0.143. The fourth-order valence-corrected chi connectivity index (χ4v) is 1.16. The lowest BCUT2D eigenvalue weighted by atomic mass is 10.4. The highest BCUT2D eigenvalue weighted by Gasteiger charge is 2.17. The van der Waals surface area contributed by atoms with Crippen molar-refractivity contribution in [3.63, 3.8) is 0 Å². The second-order valence-corrected chi connectivity index (χ2v) is 2.97. The van der Waals surface area contributed by atoms with Gasteiger partial charge in [-0.15, -0.1) is 0 Å². The first-order valence-electron chi connectivity index (χ1n) is 5.93. The predicted molar refractivity (Wildman–Crippen MR) is 63.4 cm³/mol. The quantitative estimate of drug-likeness (QED) is 0.269. The van der Waals surface area contributed by atoms with E-state index in [0.29, 0.717) is 32.2 Å². The average molecular weight is 246 g/mol. The van der Waals surface area contributed by atoms with Gasteiger partial charge in [-0.1, -0.05) is 0 Å². The summed E-state index contributed by atoms with van der Waals surface area (Å²) in [6.45, 7) is 8.96. The average Bonchev–Trinajstić information content (AvgIpc) is 2.28. The Balaban J connectivity index is 4.69. The van der Waals surface area contributed by atoms with Crippen LogP contribution in [0, 0.1) is 0 Å². The highest BCUT2D eigenvalue weighted by molar-refractivity contribution is 5.82. The molecule has 0 heterocycles. The van der Waals surface area contributed by atoms with Gasteiger partial charge in [-0.05, 0) is 27.7 Å². The molecule has 100 valence electrons. The van der Waals surface area contributed by atoms with E-state index in [1.54, 1.807) is 6.92 Å². The second kappa shape index (κ2) is 10.1. The first-order valence-corrected chi connectivity index (χ1v) is 5.93. The lowest BCUT2D eigenvalue weighted by Gasteiger charge is -2.19. The van der Waals surface area contributed by atoms with Crippen LogP contribution in [-0.4, -0.2) is 38.7 Å². The van der Waals surface area contributed by atoms with Crippen molar-refractivity contribution in [3.8, 4) is 0 Å². The van der Waals surface area contributed by atoms with Gasteiger partial charge in [0, 0.05) is 13.2 Å². The maximum absolute atomic E-state index is 11.4. The molecule has 0 radical (unpaired) electrons. The number of carbonyl (C=O) groups is 1. The highest BCUT2D eigenvalue weighted by atomic mass is 16.7. The van der Waals surface area contributed by atoms with Gasteiger partial charge >= 0.3 is 5.97 Å². The van der Waals surface area contributed by atoms with Crippen molar-refractivity contribution in [2.75, 3.05) is 26.4 Å². The molecule has 0 rings (SSSR count). The molecule has 0 fully saturated rings. The summed E-state index contributed by atoms with van der Waals surface area (Å²) in [6.07, 6.45) is 0.609. The first-order chi connectivity index (χ1) is 8.19. The zero-order valence-corrected chi connectivity index (χ0v) is 11.0. The van der Waals surface area contributed by atoms with Gasteiger partial charge in [-0.25, -0.2) is 4.79 Å². The number of hydrogen-bond acceptors (Lipinski definition) is 5. The number of ether oxygens (including phenoxy) is 4. The van der Waals surface area contributed by atoms with Crippen LogP contribution in [0.5, 0.6) is 0 Å². The van der Waals surface area contributed by atoms with Gasteiger partial charge in [-0.2, -0.15) is 0 Å². The topological polar surface area (TPSA) is 54.0 Å². The molecule has 0 aliphatic heterocycles. The number of carbonyl (C=O) groups excluding carboxylic acids is 1. The van der Waals surface area contributed by atoms with Gasteiger partial charge < -0.3 is 18.9 Å². The van der Waals surface area contributed by atoms with Crippen LogP contribution in [0.4, 0.5) is 0 Å². The third-order valence-electron chi connectivity index (χ3n) is 1.73. The van der Waals surface area contributed by atoms with E-state index in [1.165, 1.54) is 6.08 Å². The summed E-state index contributed by atoms with van der Waals surface area (Å²) in [5.41, 5.74) is 0. The van der Waals surface area contributed by atoms with Crippen LogP contribution in [0.15, 0.2) is 11.8 Å². The van der Waals surface area contributed by atoms with E-state index in [4.69, 9.17) is 18.9 Å². The van der Waals surface area contributed by atoms with Crippen LogP contribution in [0.2, 0.25) is 0 Å². The molecular weight excluding hydrogens is 224 g/mol. The van der Waals surface area contributed by atoms with E-state index >= 15 is 0 Å². The fraction of sp³-hybridized carbons (Fsp3) is 0.750. The fourth-order valence-electron chi connectivity index (χ4n) is 1.16. The van der Waals surface area contributed by atoms with Crippen molar-refractivity contribution in [1.82, 2.24) is 0 Å². The van der Waals surface area contributed by atoms with Crippen LogP contribution in [0.1, 0.15) is 27.7 Å². The molecule has 0 atom stereocenters. The van der Waals surface area contributed by atoms with Crippen molar-refractivity contribution < 1.29 is 23.7 Å². The van der Waals surface area contributed by atoms with E-state index in [0.717, 1.165) is 0 Å². The van der Waals surface area contributed by atoms with E-state index < -0.39 is 12.3 Å². The van der Waals surface area contributed by atoms with Gasteiger partial charge in [0.25, 0.3) is 0 Å². The Hall–Kier alpha value is -1.07. The molecule has 0 saturated carbocycles. The van der Waals surface area contributed by atoms with Gasteiger partial charge in [-0.3, -0.25) is 0 Å². The van der Waals surface area contributed by atoms with Crippen molar-refractivity contribution in [2.45, 2.75) is 34.0 Å². The molecule has 0 N–H and O–H groups in total. The Morgan fingerprint density at radius 2 is 1.47 bits per heavy atom. The monoisotopic (exact) mass is 246 g/mol. The van der Waals surface area contributed by atoms with Crippen LogP contribution >= 0.6 is 0 Å². The first kappa shape index (κ1) is 15.9. The zero-order valence-electron chi connectivity index (χ0n) is 11.0. The third-order valence-corrected chi connectivity index (χ3v) is 1.73. The molecule has 0 unspecified atom stereocenters. The van der Waals surface area contributed by atoms with Crippen LogP contribution in [0.25, 0.3) is 0 Å². The molecule has 0 aromatic heterocycles. The molecular formula is C12H22O5. The smallest absolute Gasteiger partial charge is 0.334 e. The van der Waals surface area contributed by atoms with E-state index in [9.17, 15) is 4.79 Å². The molecule has 0 saturated heterocycles. The van der Waals surface area contributed by atoms with Crippen molar-refractivity contribution in [3.05, 3.63) is 11.8 Å². The Labute approximate surface area is 103 Å². The number of rotatable bonds is 9. The molecule has 0 amide bonds. The van der Waals surface area contributed by atoms with Crippen molar-refractivity contribution >= 4 is 5.97 Å². The Bertz CT molecular complexity index is 231. The molecule has 0 bridgehead atoms. The molecule has 0 aromatic rings. The van der Waals surface area contributed by atoms with E-state index in [2.05, 4.69) is 0 Å². The summed E-state index contributed by atoms with van der Waals surface area (Å²) in [5, 5.41) is 0. The summed E-state index contributed by atoms with van der Waals surface area (Å²) in [5.74, 6) is -0.116. The van der Waals surface area contributed by atoms with E-state index in [-0.39, 0.29) is 0 Å². The summed E-state index contributed by atoms with van der Waals surface area (Å²) < 4.78 is 20.9. The Morgan fingerprint density at radius 1 is 0.941 bits per heavy atom. The molecule has 0 aliphatic rings. The third kappa shape index (κ3) is 6.97. The summed E-state index contributed by atoms with van der Waals surface area (Å²) in [4.78, 5) is 11.4. The van der Waals surface area contributed by atoms with Crippen LogP contribution in [-0.2, 0) is 23.7 Å². The van der Waals surface area contributed by atoms with Crippen LogP contribution in [0.3, 0.4) is 0 Å². The lowest BCUT2D eigenvalue weighted by Crippen LogP contribution is -2.23. The van der Waals surface area contributed by atoms with Gasteiger partial charge in [0.15, 0.2) is 5.76 Å². The molecule has 17 heavy (non-hydrogen) atoms. The standard InChI is InChI=1S/C12H22O5/c1-5-14-10(9-11(13)15-6-2)12(16-7-3)17-8-4/h9,12H,5-8H2,1-4H3/b10-9-. The second-order valence-electron chi connectivity index (χ2n) is 2.97. The minimum atomic E-state index is -0.658. The highest BCUT2D eigenvalue weighted by Crippen LogP contribution is 2.11. The maximum Gasteiger partial charge on any atom is 0.334 e. The minimum absolute atomic E-state index is 0.322. The summed E-state index contributed by atoms with van der Waals surface area (Å²) in [6, 6.07) is 0. The SMILES string of the molecule is CCOC(=O)/C=C(\OCC)C(OCC)OCC. The molecule has 5 nitrogen and oxygen atoms in total. The Morgan fingerprint density at radius 3 is 1.88 bits per heavy atom. The van der Waals surface area contributed by atoms with Crippen molar-refractivity contribution in [1.29, 1.82) is 0 Å². The Kier molecular flexibility index (Phi) is 9.47. The normalized spacial score (nSPS) is 11.7. The molecule has 5 heteroatoms. The number of esters is 1. The maximum atomic E-state index is 11.4. The van der Waals surface area contributed by atoms with Gasteiger partial charge in [0.05, 0.1) is 19.3 Å². The summed E-state index contributed by atoms with van der Waals surface area (Å²) in [7, 11) is 0.